The molecule has 6 heteroatoms. The number of hydrogen-bond acceptors (Lipinski definition) is 5. The number of nitrogens with zero attached hydrogens (tertiary/aromatic N) is 2. The first-order valence-electron chi connectivity index (χ1n) is 9.48. The summed E-state index contributed by atoms with van der Waals surface area (Å²) in [4.78, 5) is 26.2. The third-order valence-electron chi connectivity index (χ3n) is 5.33. The Morgan fingerprint density at radius 3 is 2.40 bits per heavy atom. The molecule has 2 N–H and O–H groups in total. The van der Waals surface area contributed by atoms with Crippen LogP contribution in [-0.2, 0) is 9.59 Å². The predicted molar refractivity (Wildman–Crippen MR) is 97.5 cm³/mol. The number of nitrogens with one attached hydrogen (secondary N) is 1. The number of likely N-dealkylation sites (tertiary alicyclic amines) is 1. The maximum Gasteiger partial charge on any atom is 0.253 e. The third kappa shape index (κ3) is 5.90. The first kappa shape index (κ1) is 20.1. The van der Waals surface area contributed by atoms with E-state index in [9.17, 15) is 14.7 Å². The van der Waals surface area contributed by atoms with Crippen LogP contribution in [0.25, 0.3) is 0 Å². The highest BCUT2D eigenvalue weighted by Crippen LogP contribution is 2.33. The zero-order valence-corrected chi connectivity index (χ0v) is 15.8. The van der Waals surface area contributed by atoms with Gasteiger partial charge in [-0.15, -0.1) is 0 Å². The molecule has 1 saturated heterocycles. The molecule has 0 radical (unpaired) electrons. The summed E-state index contributed by atoms with van der Waals surface area (Å²) in [7, 11) is 0. The van der Waals surface area contributed by atoms with Crippen molar-refractivity contribution in [3.05, 3.63) is 12.2 Å². The largest absolute Gasteiger partial charge is 0.365 e. The van der Waals surface area contributed by atoms with Gasteiger partial charge in [-0.2, -0.15) is 0 Å². The molecule has 0 aromatic rings. The number of aliphatic hydroxyl groups excluding tert-OH is 1. The topological polar surface area (TPSA) is 72.9 Å². The van der Waals surface area contributed by atoms with E-state index in [2.05, 4.69) is 31.0 Å². The van der Waals surface area contributed by atoms with Gasteiger partial charge in [0.05, 0.1) is 0 Å². The van der Waals surface area contributed by atoms with Crippen LogP contribution in [0.15, 0.2) is 12.2 Å². The molecule has 2 aliphatic rings. The summed E-state index contributed by atoms with van der Waals surface area (Å²) >= 11 is 0. The van der Waals surface area contributed by atoms with Crippen LogP contribution in [-0.4, -0.2) is 59.3 Å². The molecule has 1 fully saturated rings. The van der Waals surface area contributed by atoms with Gasteiger partial charge >= 0.3 is 0 Å². The molecule has 0 aromatic carbocycles. The SMILES string of the molecule is CC(C)(C)C1CCN(C(O)NCCCCCCN2C(=O)C=CC2=O)C1. The standard InChI is InChI=1S/C19H33N3O3/c1-19(2,3)15-10-13-21(14-15)18(25)20-11-6-4-5-7-12-22-16(23)8-9-17(22)24/h8-9,15,18,20,25H,4-7,10-14H2,1-3H3. The number of rotatable bonds is 9. The van der Waals surface area contributed by atoms with Crippen LogP contribution in [0.2, 0.25) is 0 Å². The van der Waals surface area contributed by atoms with Crippen LogP contribution in [0.1, 0.15) is 52.9 Å². The van der Waals surface area contributed by atoms with Gasteiger partial charge in [-0.1, -0.05) is 33.6 Å². The molecule has 2 atom stereocenters. The van der Waals surface area contributed by atoms with Gasteiger partial charge in [0, 0.05) is 31.8 Å². The normalized spacial score (nSPS) is 23.0. The summed E-state index contributed by atoms with van der Waals surface area (Å²) in [5.41, 5.74) is 0.294. The van der Waals surface area contributed by atoms with Gasteiger partial charge in [-0.05, 0) is 37.1 Å². The molecule has 0 aliphatic carbocycles. The van der Waals surface area contributed by atoms with E-state index in [1.807, 2.05) is 0 Å². The van der Waals surface area contributed by atoms with Crippen LogP contribution in [0.4, 0.5) is 0 Å². The van der Waals surface area contributed by atoms with Crippen molar-refractivity contribution in [2.75, 3.05) is 26.2 Å². The molecule has 2 rings (SSSR count). The maximum absolute atomic E-state index is 11.4. The summed E-state index contributed by atoms with van der Waals surface area (Å²) in [6.07, 6.45) is 7.06. The van der Waals surface area contributed by atoms with Gasteiger partial charge < -0.3 is 5.11 Å². The van der Waals surface area contributed by atoms with Gasteiger partial charge in [-0.3, -0.25) is 24.7 Å². The zero-order valence-electron chi connectivity index (χ0n) is 15.8. The Bertz CT molecular complexity index is 481. The van der Waals surface area contributed by atoms with E-state index in [0.717, 1.165) is 51.7 Å². The summed E-state index contributed by atoms with van der Waals surface area (Å²) in [5.74, 6) is 0.234. The number of carbonyl (C=O) groups is 2. The zero-order chi connectivity index (χ0) is 18.4. The molecular formula is C19H33N3O3. The number of unbranched alkanes of at least 4 members (excludes halogenated alkanes) is 3. The fourth-order valence-corrected chi connectivity index (χ4v) is 3.48. The summed E-state index contributed by atoms with van der Waals surface area (Å²) in [6, 6.07) is 0. The van der Waals surface area contributed by atoms with Crippen LogP contribution < -0.4 is 5.32 Å². The van der Waals surface area contributed by atoms with Crippen molar-refractivity contribution in [1.29, 1.82) is 0 Å². The number of imide groups is 1. The minimum absolute atomic E-state index is 0.200. The summed E-state index contributed by atoms with van der Waals surface area (Å²) in [6.45, 7) is 9.97. The fraction of sp³-hybridized carbons (Fsp3) is 0.789. The Balaban J connectivity index is 1.50. The van der Waals surface area contributed by atoms with Crippen LogP contribution in [0.3, 0.4) is 0 Å². The molecule has 2 unspecified atom stereocenters. The van der Waals surface area contributed by atoms with E-state index in [4.69, 9.17) is 0 Å². The lowest BCUT2D eigenvalue weighted by Crippen LogP contribution is -2.45. The second-order valence-corrected chi connectivity index (χ2v) is 8.25. The van der Waals surface area contributed by atoms with E-state index in [1.54, 1.807) is 0 Å². The monoisotopic (exact) mass is 351 g/mol. The molecule has 142 valence electrons. The van der Waals surface area contributed by atoms with E-state index >= 15 is 0 Å². The summed E-state index contributed by atoms with van der Waals surface area (Å²) < 4.78 is 0. The quantitative estimate of drug-likeness (QED) is 0.376. The van der Waals surface area contributed by atoms with E-state index < -0.39 is 6.35 Å². The third-order valence-corrected chi connectivity index (χ3v) is 5.33. The van der Waals surface area contributed by atoms with Crippen molar-refractivity contribution < 1.29 is 14.7 Å². The maximum atomic E-state index is 11.4. The molecule has 2 amide bonds. The number of carbonyl (C=O) groups excluding carboxylic acids is 2. The van der Waals surface area contributed by atoms with Crippen LogP contribution in [0, 0.1) is 11.3 Å². The molecule has 0 aromatic heterocycles. The van der Waals surface area contributed by atoms with E-state index in [1.165, 1.54) is 17.1 Å². The number of amides is 2. The summed E-state index contributed by atoms with van der Waals surface area (Å²) in [5, 5.41) is 13.5. The lowest BCUT2D eigenvalue weighted by atomic mass is 9.80. The average Bonchev–Trinajstić information content (AvgIpc) is 3.15. The Morgan fingerprint density at radius 2 is 1.80 bits per heavy atom. The van der Waals surface area contributed by atoms with Crippen molar-refractivity contribution in [3.63, 3.8) is 0 Å². The first-order valence-corrected chi connectivity index (χ1v) is 9.48. The van der Waals surface area contributed by atoms with Gasteiger partial charge in [0.2, 0.25) is 0 Å². The molecule has 0 bridgehead atoms. The smallest absolute Gasteiger partial charge is 0.253 e. The molecule has 25 heavy (non-hydrogen) atoms. The van der Waals surface area contributed by atoms with Crippen molar-refractivity contribution in [1.82, 2.24) is 15.1 Å². The molecule has 0 spiro atoms. The lowest BCUT2D eigenvalue weighted by molar-refractivity contribution is -0.136. The Kier molecular flexibility index (Phi) is 7.16. The van der Waals surface area contributed by atoms with Gasteiger partial charge in [-0.25, -0.2) is 0 Å². The van der Waals surface area contributed by atoms with Gasteiger partial charge in [0.1, 0.15) is 0 Å². The Hall–Kier alpha value is -1.24. The van der Waals surface area contributed by atoms with E-state index in [0.29, 0.717) is 17.9 Å². The highest BCUT2D eigenvalue weighted by atomic mass is 16.3. The van der Waals surface area contributed by atoms with Crippen LogP contribution >= 0.6 is 0 Å². The number of hydrogen-bond donors (Lipinski definition) is 2. The molecule has 2 aliphatic heterocycles. The second-order valence-electron chi connectivity index (χ2n) is 8.25. The predicted octanol–water partition coefficient (Wildman–Crippen LogP) is 1.71. The van der Waals surface area contributed by atoms with Gasteiger partial charge in [0.25, 0.3) is 11.8 Å². The van der Waals surface area contributed by atoms with Crippen molar-refractivity contribution in [3.8, 4) is 0 Å². The fourth-order valence-electron chi connectivity index (χ4n) is 3.48. The van der Waals surface area contributed by atoms with Crippen molar-refractivity contribution >= 4 is 11.8 Å². The minimum Gasteiger partial charge on any atom is -0.365 e. The minimum atomic E-state index is -0.557. The molecule has 6 nitrogen and oxygen atoms in total. The highest BCUT2D eigenvalue weighted by Gasteiger charge is 2.33. The van der Waals surface area contributed by atoms with E-state index in [-0.39, 0.29) is 11.8 Å². The molecule has 2 heterocycles. The average molecular weight is 351 g/mol. The second kappa shape index (κ2) is 8.92. The lowest BCUT2D eigenvalue weighted by Gasteiger charge is -2.29. The van der Waals surface area contributed by atoms with Crippen molar-refractivity contribution in [2.24, 2.45) is 11.3 Å². The first-order chi connectivity index (χ1) is 11.8. The Labute approximate surface area is 151 Å². The number of aliphatic hydroxyl groups is 1. The van der Waals surface area contributed by atoms with Crippen LogP contribution in [0.5, 0.6) is 0 Å². The van der Waals surface area contributed by atoms with Gasteiger partial charge in [0.15, 0.2) is 6.35 Å². The Morgan fingerprint density at radius 1 is 1.16 bits per heavy atom. The van der Waals surface area contributed by atoms with Crippen molar-refractivity contribution in [2.45, 2.75) is 59.2 Å². The molecular weight excluding hydrogens is 318 g/mol. The highest BCUT2D eigenvalue weighted by molar-refractivity contribution is 6.12. The molecule has 0 saturated carbocycles.